The van der Waals surface area contributed by atoms with Gasteiger partial charge in [-0.05, 0) is 43.3 Å². The highest BCUT2D eigenvalue weighted by Crippen LogP contribution is 2.21. The van der Waals surface area contributed by atoms with Crippen molar-refractivity contribution in [2.75, 3.05) is 6.61 Å². The Morgan fingerprint density at radius 3 is 2.30 bits per heavy atom. The summed E-state index contributed by atoms with van der Waals surface area (Å²) in [7, 11) is 0. The van der Waals surface area contributed by atoms with Crippen LogP contribution in [0.25, 0.3) is 0 Å². The Balaban J connectivity index is 2.01. The molecule has 0 bridgehead atoms. The molecule has 0 aliphatic heterocycles. The molecule has 1 amide bonds. The van der Waals surface area contributed by atoms with E-state index in [4.69, 9.17) is 9.84 Å². The molecule has 2 rings (SSSR count). The van der Waals surface area contributed by atoms with Gasteiger partial charge in [-0.3, -0.25) is 4.79 Å². The van der Waals surface area contributed by atoms with E-state index >= 15 is 0 Å². The summed E-state index contributed by atoms with van der Waals surface area (Å²) < 4.78 is 5.64. The SMILES string of the molecule is CC(CO)NC(=O)c1ccc(Oc2ccccc2)cc1. The van der Waals surface area contributed by atoms with Gasteiger partial charge in [0.25, 0.3) is 5.91 Å². The molecule has 0 radical (unpaired) electrons. The van der Waals surface area contributed by atoms with Crippen molar-refractivity contribution < 1.29 is 14.6 Å². The number of amides is 1. The van der Waals surface area contributed by atoms with Crippen LogP contribution in [0.4, 0.5) is 0 Å². The smallest absolute Gasteiger partial charge is 0.251 e. The highest BCUT2D eigenvalue weighted by Gasteiger charge is 2.08. The third kappa shape index (κ3) is 3.83. The average molecular weight is 271 g/mol. The average Bonchev–Trinajstić information content (AvgIpc) is 2.49. The Hall–Kier alpha value is -2.33. The number of carbonyl (C=O) groups is 1. The van der Waals surface area contributed by atoms with Gasteiger partial charge >= 0.3 is 0 Å². The predicted molar refractivity (Wildman–Crippen MR) is 77.0 cm³/mol. The maximum absolute atomic E-state index is 11.8. The fraction of sp³-hybridized carbons (Fsp3) is 0.188. The van der Waals surface area contributed by atoms with E-state index < -0.39 is 0 Å². The fourth-order valence-corrected chi connectivity index (χ4v) is 1.65. The lowest BCUT2D eigenvalue weighted by Gasteiger charge is -2.11. The van der Waals surface area contributed by atoms with Crippen molar-refractivity contribution in [1.82, 2.24) is 5.32 Å². The van der Waals surface area contributed by atoms with E-state index in [-0.39, 0.29) is 18.6 Å². The summed E-state index contributed by atoms with van der Waals surface area (Å²) in [6.07, 6.45) is 0. The number of benzene rings is 2. The van der Waals surface area contributed by atoms with Gasteiger partial charge in [-0.2, -0.15) is 0 Å². The van der Waals surface area contributed by atoms with Crippen LogP contribution < -0.4 is 10.1 Å². The molecule has 1 unspecified atom stereocenters. The number of hydrogen-bond acceptors (Lipinski definition) is 3. The molecule has 2 aromatic carbocycles. The Kier molecular flexibility index (Phi) is 4.74. The van der Waals surface area contributed by atoms with Gasteiger partial charge in [0.2, 0.25) is 0 Å². The number of aliphatic hydroxyl groups excluding tert-OH is 1. The summed E-state index contributed by atoms with van der Waals surface area (Å²) in [6, 6.07) is 16.0. The quantitative estimate of drug-likeness (QED) is 0.878. The minimum absolute atomic E-state index is 0.0824. The van der Waals surface area contributed by atoms with Crippen molar-refractivity contribution >= 4 is 5.91 Å². The number of para-hydroxylation sites is 1. The number of nitrogens with one attached hydrogen (secondary N) is 1. The summed E-state index contributed by atoms with van der Waals surface area (Å²) >= 11 is 0. The Bertz CT molecular complexity index is 552. The second kappa shape index (κ2) is 6.73. The molecule has 0 aliphatic rings. The van der Waals surface area contributed by atoms with Gasteiger partial charge in [-0.25, -0.2) is 0 Å². The lowest BCUT2D eigenvalue weighted by atomic mass is 10.2. The van der Waals surface area contributed by atoms with Crippen LogP contribution in [0, 0.1) is 0 Å². The van der Waals surface area contributed by atoms with E-state index in [1.807, 2.05) is 30.3 Å². The van der Waals surface area contributed by atoms with E-state index in [0.29, 0.717) is 11.3 Å². The Morgan fingerprint density at radius 1 is 1.10 bits per heavy atom. The first kappa shape index (κ1) is 14.1. The number of aliphatic hydroxyl groups is 1. The van der Waals surface area contributed by atoms with Crippen molar-refractivity contribution in [1.29, 1.82) is 0 Å². The molecule has 104 valence electrons. The van der Waals surface area contributed by atoms with Crippen LogP contribution in [0.15, 0.2) is 54.6 Å². The van der Waals surface area contributed by atoms with Crippen LogP contribution in [0.1, 0.15) is 17.3 Å². The van der Waals surface area contributed by atoms with Crippen molar-refractivity contribution in [2.45, 2.75) is 13.0 Å². The maximum Gasteiger partial charge on any atom is 0.251 e. The molecule has 0 spiro atoms. The molecule has 4 nitrogen and oxygen atoms in total. The van der Waals surface area contributed by atoms with Crippen LogP contribution >= 0.6 is 0 Å². The first-order valence-corrected chi connectivity index (χ1v) is 6.43. The van der Waals surface area contributed by atoms with Gasteiger partial charge in [0, 0.05) is 11.6 Å². The standard InChI is InChI=1S/C16H17NO3/c1-12(11-18)17-16(19)13-7-9-15(10-8-13)20-14-5-3-2-4-6-14/h2-10,12,18H,11H2,1H3,(H,17,19). The highest BCUT2D eigenvalue weighted by atomic mass is 16.5. The molecule has 0 heterocycles. The molecule has 4 heteroatoms. The topological polar surface area (TPSA) is 58.6 Å². The molecule has 0 saturated heterocycles. The molecule has 2 N–H and O–H groups in total. The van der Waals surface area contributed by atoms with Crippen LogP contribution in [-0.4, -0.2) is 23.7 Å². The molecule has 0 saturated carbocycles. The first-order valence-electron chi connectivity index (χ1n) is 6.43. The van der Waals surface area contributed by atoms with Gasteiger partial charge < -0.3 is 15.2 Å². The largest absolute Gasteiger partial charge is 0.457 e. The van der Waals surface area contributed by atoms with Crippen LogP contribution in [-0.2, 0) is 0 Å². The van der Waals surface area contributed by atoms with Crippen molar-refractivity contribution in [2.24, 2.45) is 0 Å². The minimum Gasteiger partial charge on any atom is -0.457 e. The normalized spacial score (nSPS) is 11.7. The van der Waals surface area contributed by atoms with Gasteiger partial charge in [-0.1, -0.05) is 18.2 Å². The summed E-state index contributed by atoms with van der Waals surface area (Å²) in [5, 5.41) is 11.6. The van der Waals surface area contributed by atoms with E-state index in [0.717, 1.165) is 5.75 Å². The van der Waals surface area contributed by atoms with Gasteiger partial charge in [-0.15, -0.1) is 0 Å². The van der Waals surface area contributed by atoms with Gasteiger partial charge in [0.1, 0.15) is 11.5 Å². The number of ether oxygens (including phenoxy) is 1. The second-order valence-corrected chi connectivity index (χ2v) is 4.50. The third-order valence-electron chi connectivity index (χ3n) is 2.75. The number of rotatable bonds is 5. The maximum atomic E-state index is 11.8. The summed E-state index contributed by atoms with van der Waals surface area (Å²) in [5.41, 5.74) is 0.533. The highest BCUT2D eigenvalue weighted by molar-refractivity contribution is 5.94. The lowest BCUT2D eigenvalue weighted by Crippen LogP contribution is -2.34. The zero-order chi connectivity index (χ0) is 14.4. The molecule has 20 heavy (non-hydrogen) atoms. The van der Waals surface area contributed by atoms with Crippen molar-refractivity contribution in [3.05, 3.63) is 60.2 Å². The second-order valence-electron chi connectivity index (χ2n) is 4.50. The monoisotopic (exact) mass is 271 g/mol. The van der Waals surface area contributed by atoms with Gasteiger partial charge in [0.05, 0.1) is 6.61 Å². The molecule has 2 aromatic rings. The zero-order valence-corrected chi connectivity index (χ0v) is 11.2. The number of hydrogen-bond donors (Lipinski definition) is 2. The molecular formula is C16H17NO3. The third-order valence-corrected chi connectivity index (χ3v) is 2.75. The van der Waals surface area contributed by atoms with Crippen LogP contribution in [0.3, 0.4) is 0 Å². The van der Waals surface area contributed by atoms with Crippen LogP contribution in [0.5, 0.6) is 11.5 Å². The van der Waals surface area contributed by atoms with Gasteiger partial charge in [0.15, 0.2) is 0 Å². The molecular weight excluding hydrogens is 254 g/mol. The van der Waals surface area contributed by atoms with E-state index in [9.17, 15) is 4.79 Å². The van der Waals surface area contributed by atoms with E-state index in [1.54, 1.807) is 31.2 Å². The summed E-state index contributed by atoms with van der Waals surface area (Å²) in [4.78, 5) is 11.8. The Morgan fingerprint density at radius 2 is 1.70 bits per heavy atom. The minimum atomic E-state index is -0.261. The van der Waals surface area contributed by atoms with E-state index in [2.05, 4.69) is 5.32 Å². The fourth-order valence-electron chi connectivity index (χ4n) is 1.65. The summed E-state index contributed by atoms with van der Waals surface area (Å²) in [5.74, 6) is 1.21. The zero-order valence-electron chi connectivity index (χ0n) is 11.2. The van der Waals surface area contributed by atoms with Crippen LogP contribution in [0.2, 0.25) is 0 Å². The molecule has 0 fully saturated rings. The lowest BCUT2D eigenvalue weighted by molar-refractivity contribution is 0.0922. The number of carbonyl (C=O) groups excluding carboxylic acids is 1. The molecule has 0 aromatic heterocycles. The van der Waals surface area contributed by atoms with E-state index in [1.165, 1.54) is 0 Å². The van der Waals surface area contributed by atoms with Crippen molar-refractivity contribution in [3.63, 3.8) is 0 Å². The predicted octanol–water partition coefficient (Wildman–Crippen LogP) is 2.59. The summed E-state index contributed by atoms with van der Waals surface area (Å²) in [6.45, 7) is 1.66. The van der Waals surface area contributed by atoms with Crippen molar-refractivity contribution in [3.8, 4) is 11.5 Å². The molecule has 1 atom stereocenters. The Labute approximate surface area is 118 Å². The first-order chi connectivity index (χ1) is 9.69. The molecule has 0 aliphatic carbocycles.